The predicted molar refractivity (Wildman–Crippen MR) is 113 cm³/mol. The average molecular weight is 410 g/mol. The van der Waals surface area contributed by atoms with Crippen LogP contribution in [0.15, 0.2) is 35.7 Å². The molecular formula is C21H23N5O2S. The molecule has 1 aliphatic heterocycles. The Bertz CT molecular complexity index is 1020. The van der Waals surface area contributed by atoms with E-state index in [1.54, 1.807) is 16.4 Å². The maximum atomic E-state index is 13.3. The summed E-state index contributed by atoms with van der Waals surface area (Å²) in [7, 11) is 0. The lowest BCUT2D eigenvalue weighted by Crippen LogP contribution is -2.35. The molecule has 7 nitrogen and oxygen atoms in total. The lowest BCUT2D eigenvalue weighted by atomic mass is 10.0. The highest BCUT2D eigenvalue weighted by molar-refractivity contribution is 7.09. The first-order valence-electron chi connectivity index (χ1n) is 9.55. The molecule has 0 radical (unpaired) electrons. The number of rotatable bonds is 3. The number of benzene rings is 1. The van der Waals surface area contributed by atoms with Crippen molar-refractivity contribution in [3.8, 4) is 11.3 Å². The molecule has 1 aromatic carbocycles. The molecule has 3 heterocycles. The number of nitrogens with zero attached hydrogens (tertiary/aromatic N) is 5. The van der Waals surface area contributed by atoms with Crippen molar-refractivity contribution in [2.45, 2.75) is 20.8 Å². The van der Waals surface area contributed by atoms with Crippen LogP contribution in [0, 0.1) is 20.8 Å². The van der Waals surface area contributed by atoms with Crippen molar-refractivity contribution < 1.29 is 9.63 Å². The molecule has 0 spiro atoms. The number of hydrogen-bond donors (Lipinski definition) is 0. The number of aromatic nitrogens is 3. The smallest absolute Gasteiger partial charge is 0.254 e. The molecule has 1 saturated heterocycles. The zero-order chi connectivity index (χ0) is 20.4. The summed E-state index contributed by atoms with van der Waals surface area (Å²) in [5.74, 6) is 1.42. The Hall–Kier alpha value is -2.84. The largest absolute Gasteiger partial charge is 0.334 e. The second kappa shape index (κ2) is 8.26. The molecule has 0 unspecified atom stereocenters. The molecule has 1 aliphatic rings. The van der Waals surface area contributed by atoms with Gasteiger partial charge in [-0.2, -0.15) is 0 Å². The van der Waals surface area contributed by atoms with Gasteiger partial charge in [0.1, 0.15) is 5.82 Å². The number of hydrogen-bond acceptors (Lipinski definition) is 7. The van der Waals surface area contributed by atoms with Crippen LogP contribution in [0.4, 0.5) is 5.82 Å². The van der Waals surface area contributed by atoms with Crippen LogP contribution in [0.5, 0.6) is 0 Å². The fourth-order valence-electron chi connectivity index (χ4n) is 3.41. The van der Waals surface area contributed by atoms with Crippen molar-refractivity contribution in [1.29, 1.82) is 0 Å². The van der Waals surface area contributed by atoms with Crippen molar-refractivity contribution in [3.63, 3.8) is 0 Å². The quantitative estimate of drug-likeness (QED) is 0.660. The van der Waals surface area contributed by atoms with Crippen molar-refractivity contribution in [1.82, 2.24) is 19.9 Å². The van der Waals surface area contributed by atoms with Crippen molar-refractivity contribution >= 4 is 23.1 Å². The summed E-state index contributed by atoms with van der Waals surface area (Å²) in [6, 6.07) is 9.54. The Morgan fingerprint density at radius 2 is 1.90 bits per heavy atom. The predicted octanol–water partition coefficient (Wildman–Crippen LogP) is 3.42. The zero-order valence-corrected chi connectivity index (χ0v) is 17.6. The lowest BCUT2D eigenvalue weighted by molar-refractivity contribution is 0.0731. The van der Waals surface area contributed by atoms with Crippen LogP contribution in [-0.2, 0) is 4.84 Å². The third kappa shape index (κ3) is 4.28. The Morgan fingerprint density at radius 3 is 2.66 bits per heavy atom. The van der Waals surface area contributed by atoms with Crippen LogP contribution in [0.1, 0.15) is 26.9 Å². The first kappa shape index (κ1) is 19.5. The third-order valence-corrected chi connectivity index (χ3v) is 5.50. The average Bonchev–Trinajstić information content (AvgIpc) is 2.98. The monoisotopic (exact) mass is 409 g/mol. The van der Waals surface area contributed by atoms with Gasteiger partial charge in [0.2, 0.25) is 0 Å². The maximum Gasteiger partial charge on any atom is 0.254 e. The van der Waals surface area contributed by atoms with E-state index >= 15 is 0 Å². The molecule has 2 aromatic heterocycles. The van der Waals surface area contributed by atoms with Gasteiger partial charge in [-0.3, -0.25) is 9.63 Å². The van der Waals surface area contributed by atoms with E-state index in [2.05, 4.69) is 15.0 Å². The molecule has 150 valence electrons. The maximum absolute atomic E-state index is 13.3. The second-order valence-corrected chi connectivity index (χ2v) is 8.00. The molecule has 8 heteroatoms. The molecule has 1 amide bonds. The van der Waals surface area contributed by atoms with Gasteiger partial charge >= 0.3 is 0 Å². The normalized spacial score (nSPS) is 14.7. The number of thiazole rings is 1. The van der Waals surface area contributed by atoms with Gasteiger partial charge < -0.3 is 4.90 Å². The summed E-state index contributed by atoms with van der Waals surface area (Å²) in [4.78, 5) is 34.3. The number of carbonyl (C=O) groups excluding carboxylic acids is 1. The molecular weight excluding hydrogens is 386 g/mol. The van der Waals surface area contributed by atoms with E-state index in [0.29, 0.717) is 37.6 Å². The molecule has 0 bridgehead atoms. The Kier molecular flexibility index (Phi) is 5.55. The second-order valence-electron chi connectivity index (χ2n) is 6.94. The molecule has 3 aromatic rings. The molecule has 4 rings (SSSR count). The topological polar surface area (TPSA) is 71.5 Å². The molecule has 0 saturated carbocycles. The number of carbonyl (C=O) groups is 1. The van der Waals surface area contributed by atoms with Gasteiger partial charge in [-0.25, -0.2) is 20.0 Å². The highest BCUT2D eigenvalue weighted by Crippen LogP contribution is 2.26. The van der Waals surface area contributed by atoms with Gasteiger partial charge in [0, 0.05) is 41.4 Å². The summed E-state index contributed by atoms with van der Waals surface area (Å²) >= 11 is 1.58. The zero-order valence-electron chi connectivity index (χ0n) is 16.8. The van der Waals surface area contributed by atoms with Crippen LogP contribution in [0.2, 0.25) is 0 Å². The highest BCUT2D eigenvalue weighted by Gasteiger charge is 2.24. The summed E-state index contributed by atoms with van der Waals surface area (Å²) in [5, 5.41) is 4.73. The first-order valence-corrected chi connectivity index (χ1v) is 10.4. The van der Waals surface area contributed by atoms with Gasteiger partial charge in [-0.1, -0.05) is 18.2 Å². The summed E-state index contributed by atoms with van der Waals surface area (Å²) in [6.45, 7) is 7.78. The molecule has 0 atom stereocenters. The van der Waals surface area contributed by atoms with Crippen LogP contribution >= 0.6 is 11.3 Å². The minimum atomic E-state index is -0.00764. The van der Waals surface area contributed by atoms with Crippen molar-refractivity contribution in [2.75, 3.05) is 31.3 Å². The minimum absolute atomic E-state index is 0.00764. The Balaban J connectivity index is 1.54. The number of aryl methyl sites for hydroxylation is 3. The number of anilines is 1. The summed E-state index contributed by atoms with van der Waals surface area (Å²) in [5.41, 5.74) is 3.27. The van der Waals surface area contributed by atoms with Gasteiger partial charge in [0.05, 0.1) is 23.9 Å². The highest BCUT2D eigenvalue weighted by atomic mass is 32.1. The van der Waals surface area contributed by atoms with E-state index in [1.165, 1.54) is 0 Å². The number of hydroxylamine groups is 1. The molecule has 29 heavy (non-hydrogen) atoms. The Labute approximate surface area is 174 Å². The fourth-order valence-corrected chi connectivity index (χ4v) is 4.02. The van der Waals surface area contributed by atoms with Gasteiger partial charge in [0.25, 0.3) is 5.91 Å². The Morgan fingerprint density at radius 1 is 1.07 bits per heavy atom. The van der Waals surface area contributed by atoms with Crippen LogP contribution in [-0.4, -0.2) is 52.0 Å². The molecule has 0 N–H and O–H groups in total. The van der Waals surface area contributed by atoms with E-state index in [0.717, 1.165) is 27.8 Å². The molecule has 0 aliphatic carbocycles. The lowest BCUT2D eigenvalue weighted by Gasteiger charge is -2.22. The molecule has 1 fully saturated rings. The van der Waals surface area contributed by atoms with Gasteiger partial charge in [-0.15, -0.1) is 11.3 Å². The SMILES string of the molecule is Cc1cc(N2CCN(C(=O)c3ccccc3-c3csc(C)n3)CCO2)nc(C)n1. The fraction of sp³-hybridized carbons (Fsp3) is 0.333. The van der Waals surface area contributed by atoms with Gasteiger partial charge in [0.15, 0.2) is 5.82 Å². The van der Waals surface area contributed by atoms with E-state index in [1.807, 2.05) is 61.4 Å². The van der Waals surface area contributed by atoms with Gasteiger partial charge in [-0.05, 0) is 26.8 Å². The minimum Gasteiger partial charge on any atom is -0.334 e. The van der Waals surface area contributed by atoms with Crippen LogP contribution in [0.3, 0.4) is 0 Å². The van der Waals surface area contributed by atoms with E-state index in [-0.39, 0.29) is 5.91 Å². The first-order chi connectivity index (χ1) is 14.0. The third-order valence-electron chi connectivity index (χ3n) is 4.73. The van der Waals surface area contributed by atoms with E-state index in [4.69, 9.17) is 4.84 Å². The van der Waals surface area contributed by atoms with Crippen LogP contribution < -0.4 is 5.06 Å². The number of amides is 1. The summed E-state index contributed by atoms with van der Waals surface area (Å²) in [6.07, 6.45) is 0. The van der Waals surface area contributed by atoms with Crippen LogP contribution in [0.25, 0.3) is 11.3 Å². The van der Waals surface area contributed by atoms with E-state index < -0.39 is 0 Å². The van der Waals surface area contributed by atoms with Crippen molar-refractivity contribution in [3.05, 3.63) is 57.8 Å². The van der Waals surface area contributed by atoms with Crippen molar-refractivity contribution in [2.24, 2.45) is 0 Å². The van der Waals surface area contributed by atoms with E-state index in [9.17, 15) is 4.79 Å². The standard InChI is InChI=1S/C21H23N5O2S/c1-14-12-20(23-15(2)22-14)26-9-8-25(10-11-28-26)21(27)18-7-5-4-6-17(18)19-13-29-16(3)24-19/h4-7,12-13H,8-11H2,1-3H3. The summed E-state index contributed by atoms with van der Waals surface area (Å²) < 4.78 is 0.